The maximum Gasteiger partial charge on any atom is 0.182 e. The fraction of sp³-hybridized carbons (Fsp3) is 0.125. The lowest BCUT2D eigenvalue weighted by molar-refractivity contribution is 1.36. The third kappa shape index (κ3) is 1.21. The first kappa shape index (κ1) is 7.36. The SMILES string of the molecule is CNc1nc(-c2cc[nH]c2)cs1. The molecule has 4 heteroatoms. The van der Waals surface area contributed by atoms with Crippen LogP contribution in [0.25, 0.3) is 11.3 Å². The molecule has 0 unspecified atom stereocenters. The Hall–Kier alpha value is -1.29. The predicted molar refractivity (Wildman–Crippen MR) is 51.4 cm³/mol. The molecule has 0 aliphatic rings. The van der Waals surface area contributed by atoms with Gasteiger partial charge in [0.25, 0.3) is 0 Å². The molecule has 0 amide bonds. The van der Waals surface area contributed by atoms with E-state index in [1.54, 1.807) is 11.3 Å². The topological polar surface area (TPSA) is 40.7 Å². The summed E-state index contributed by atoms with van der Waals surface area (Å²) in [5.41, 5.74) is 2.15. The lowest BCUT2D eigenvalue weighted by Crippen LogP contribution is -1.85. The molecule has 0 atom stereocenters. The average molecular weight is 179 g/mol. The number of rotatable bonds is 2. The van der Waals surface area contributed by atoms with Gasteiger partial charge in [-0.15, -0.1) is 11.3 Å². The van der Waals surface area contributed by atoms with Gasteiger partial charge in [0.1, 0.15) is 0 Å². The Kier molecular flexibility index (Phi) is 1.83. The van der Waals surface area contributed by atoms with E-state index < -0.39 is 0 Å². The number of anilines is 1. The van der Waals surface area contributed by atoms with Crippen molar-refractivity contribution in [3.05, 3.63) is 23.8 Å². The Morgan fingerprint density at radius 3 is 3.08 bits per heavy atom. The van der Waals surface area contributed by atoms with Crippen LogP contribution in [-0.2, 0) is 0 Å². The summed E-state index contributed by atoms with van der Waals surface area (Å²) in [5, 5.41) is 5.99. The van der Waals surface area contributed by atoms with Gasteiger partial charge in [0, 0.05) is 30.4 Å². The Labute approximate surface area is 74.5 Å². The van der Waals surface area contributed by atoms with Crippen molar-refractivity contribution in [2.45, 2.75) is 0 Å². The standard InChI is InChI=1S/C8H9N3S/c1-9-8-11-7(5-12-8)6-2-3-10-4-6/h2-5,10H,1H3,(H,9,11). The maximum absolute atomic E-state index is 4.36. The Balaban J connectivity index is 2.35. The summed E-state index contributed by atoms with van der Waals surface area (Å²) in [4.78, 5) is 7.36. The zero-order valence-corrected chi connectivity index (χ0v) is 7.48. The van der Waals surface area contributed by atoms with Gasteiger partial charge in [0.05, 0.1) is 5.69 Å². The normalized spacial score (nSPS) is 10.1. The second-order valence-electron chi connectivity index (χ2n) is 2.39. The average Bonchev–Trinajstić information content (AvgIpc) is 2.75. The molecule has 12 heavy (non-hydrogen) atoms. The van der Waals surface area contributed by atoms with Crippen LogP contribution in [0.3, 0.4) is 0 Å². The quantitative estimate of drug-likeness (QED) is 0.741. The van der Waals surface area contributed by atoms with Crippen LogP contribution in [0.1, 0.15) is 0 Å². The summed E-state index contributed by atoms with van der Waals surface area (Å²) in [6.45, 7) is 0. The van der Waals surface area contributed by atoms with Gasteiger partial charge < -0.3 is 10.3 Å². The molecule has 0 aliphatic heterocycles. The number of aromatic nitrogens is 2. The molecular weight excluding hydrogens is 170 g/mol. The monoisotopic (exact) mass is 179 g/mol. The zero-order valence-electron chi connectivity index (χ0n) is 6.66. The van der Waals surface area contributed by atoms with Crippen LogP contribution in [0, 0.1) is 0 Å². The predicted octanol–water partition coefficient (Wildman–Crippen LogP) is 2.18. The first-order chi connectivity index (χ1) is 5.90. The van der Waals surface area contributed by atoms with Crippen molar-refractivity contribution < 1.29 is 0 Å². The van der Waals surface area contributed by atoms with Gasteiger partial charge >= 0.3 is 0 Å². The first-order valence-corrected chi connectivity index (χ1v) is 4.54. The van der Waals surface area contributed by atoms with Gasteiger partial charge in [0.2, 0.25) is 0 Å². The second kappa shape index (κ2) is 2.98. The molecule has 0 bridgehead atoms. The van der Waals surface area contributed by atoms with E-state index in [1.165, 1.54) is 0 Å². The van der Waals surface area contributed by atoms with Gasteiger partial charge in [-0.2, -0.15) is 0 Å². The highest BCUT2D eigenvalue weighted by molar-refractivity contribution is 7.14. The zero-order chi connectivity index (χ0) is 8.39. The molecule has 0 aliphatic carbocycles. The van der Waals surface area contributed by atoms with E-state index in [4.69, 9.17) is 0 Å². The third-order valence-corrected chi connectivity index (χ3v) is 2.47. The molecule has 0 spiro atoms. The highest BCUT2D eigenvalue weighted by Gasteiger charge is 2.02. The van der Waals surface area contributed by atoms with E-state index in [-0.39, 0.29) is 0 Å². The molecule has 0 fully saturated rings. The van der Waals surface area contributed by atoms with Crippen LogP contribution in [-0.4, -0.2) is 17.0 Å². The van der Waals surface area contributed by atoms with Crippen molar-refractivity contribution in [3.8, 4) is 11.3 Å². The molecule has 0 saturated carbocycles. The van der Waals surface area contributed by atoms with Crippen molar-refractivity contribution in [3.63, 3.8) is 0 Å². The molecule has 0 radical (unpaired) electrons. The Morgan fingerprint density at radius 1 is 1.58 bits per heavy atom. The third-order valence-electron chi connectivity index (χ3n) is 1.61. The molecule has 2 rings (SSSR count). The van der Waals surface area contributed by atoms with E-state index >= 15 is 0 Å². The van der Waals surface area contributed by atoms with Gasteiger partial charge in [-0.1, -0.05) is 0 Å². The van der Waals surface area contributed by atoms with Crippen molar-refractivity contribution in [2.24, 2.45) is 0 Å². The van der Waals surface area contributed by atoms with Gasteiger partial charge in [0.15, 0.2) is 5.13 Å². The highest BCUT2D eigenvalue weighted by Crippen LogP contribution is 2.23. The van der Waals surface area contributed by atoms with Gasteiger partial charge in [-0.05, 0) is 6.07 Å². The fourth-order valence-corrected chi connectivity index (χ4v) is 1.69. The number of hydrogen-bond acceptors (Lipinski definition) is 3. The van der Waals surface area contributed by atoms with E-state index in [0.717, 1.165) is 16.4 Å². The van der Waals surface area contributed by atoms with E-state index in [0.29, 0.717) is 0 Å². The number of nitrogens with zero attached hydrogens (tertiary/aromatic N) is 1. The van der Waals surface area contributed by atoms with Crippen molar-refractivity contribution in [1.29, 1.82) is 0 Å². The van der Waals surface area contributed by atoms with Crippen LogP contribution >= 0.6 is 11.3 Å². The largest absolute Gasteiger partial charge is 0.367 e. The Bertz CT molecular complexity index is 350. The molecule has 2 N–H and O–H groups in total. The summed E-state index contributed by atoms with van der Waals surface area (Å²) in [7, 11) is 1.87. The Morgan fingerprint density at radius 2 is 2.50 bits per heavy atom. The number of aromatic amines is 1. The van der Waals surface area contributed by atoms with Crippen LogP contribution in [0.5, 0.6) is 0 Å². The van der Waals surface area contributed by atoms with Crippen LogP contribution in [0.4, 0.5) is 5.13 Å². The summed E-state index contributed by atoms with van der Waals surface area (Å²) >= 11 is 1.61. The fourth-order valence-electron chi connectivity index (χ4n) is 1.00. The van der Waals surface area contributed by atoms with E-state index in [9.17, 15) is 0 Å². The molecule has 2 aromatic heterocycles. The maximum atomic E-state index is 4.36. The highest BCUT2D eigenvalue weighted by atomic mass is 32.1. The summed E-state index contributed by atoms with van der Waals surface area (Å²) in [6.07, 6.45) is 3.84. The molecule has 0 aromatic carbocycles. The summed E-state index contributed by atoms with van der Waals surface area (Å²) in [6, 6.07) is 2.01. The lowest BCUT2D eigenvalue weighted by atomic mass is 10.3. The minimum absolute atomic E-state index is 0.950. The number of nitrogens with one attached hydrogen (secondary N) is 2. The van der Waals surface area contributed by atoms with E-state index in [2.05, 4.69) is 15.3 Å². The number of hydrogen-bond donors (Lipinski definition) is 2. The minimum Gasteiger partial charge on any atom is -0.367 e. The molecule has 2 heterocycles. The van der Waals surface area contributed by atoms with Gasteiger partial charge in [-0.3, -0.25) is 0 Å². The van der Waals surface area contributed by atoms with Crippen molar-refractivity contribution in [1.82, 2.24) is 9.97 Å². The van der Waals surface area contributed by atoms with Crippen molar-refractivity contribution in [2.75, 3.05) is 12.4 Å². The smallest absolute Gasteiger partial charge is 0.182 e. The van der Waals surface area contributed by atoms with Gasteiger partial charge in [-0.25, -0.2) is 4.98 Å². The minimum atomic E-state index is 0.950. The van der Waals surface area contributed by atoms with Crippen LogP contribution in [0.15, 0.2) is 23.8 Å². The molecule has 3 nitrogen and oxygen atoms in total. The summed E-state index contributed by atoms with van der Waals surface area (Å²) < 4.78 is 0. The molecule has 0 saturated heterocycles. The van der Waals surface area contributed by atoms with Crippen LogP contribution < -0.4 is 5.32 Å². The van der Waals surface area contributed by atoms with E-state index in [1.807, 2.05) is 30.9 Å². The molecular formula is C8H9N3S. The second-order valence-corrected chi connectivity index (χ2v) is 3.25. The van der Waals surface area contributed by atoms with Crippen LogP contribution in [0.2, 0.25) is 0 Å². The number of H-pyrrole nitrogens is 1. The molecule has 62 valence electrons. The first-order valence-electron chi connectivity index (χ1n) is 3.66. The van der Waals surface area contributed by atoms with Crippen molar-refractivity contribution >= 4 is 16.5 Å². The summed E-state index contributed by atoms with van der Waals surface area (Å²) in [5.74, 6) is 0. The lowest BCUT2D eigenvalue weighted by Gasteiger charge is -1.89. The molecule has 2 aromatic rings. The number of thiazole rings is 1.